The molecule has 2 aromatic carbocycles. The number of carbonyl (C=O) groups is 2. The Kier molecular flexibility index (Phi) is 6.39. The largest absolute Gasteiger partial charge is 0.380 e. The van der Waals surface area contributed by atoms with Crippen LogP contribution >= 0.6 is 15.9 Å². The summed E-state index contributed by atoms with van der Waals surface area (Å²) < 4.78 is 6.43. The normalized spacial score (nSPS) is 23.3. The van der Waals surface area contributed by atoms with Gasteiger partial charge in [-0.25, -0.2) is 4.79 Å². The van der Waals surface area contributed by atoms with Crippen LogP contribution in [0.5, 0.6) is 0 Å². The Morgan fingerprint density at radius 2 is 1.79 bits per heavy atom. The number of carbonyl (C=O) groups excluding carboxylic acids is 2. The molecule has 2 fully saturated rings. The number of ether oxygens (including phenoxy) is 1. The van der Waals surface area contributed by atoms with Crippen molar-refractivity contribution in [1.29, 1.82) is 0 Å². The average molecular weight is 527 g/mol. The first-order valence-electron chi connectivity index (χ1n) is 11.9. The van der Waals surface area contributed by atoms with Crippen molar-refractivity contribution >= 4 is 39.2 Å². The predicted molar refractivity (Wildman–Crippen MR) is 136 cm³/mol. The van der Waals surface area contributed by atoms with Crippen molar-refractivity contribution in [2.45, 2.75) is 49.8 Å². The topological polar surface area (TPSA) is 73.9 Å². The molecule has 2 heterocycles. The van der Waals surface area contributed by atoms with Crippen molar-refractivity contribution in [1.82, 2.24) is 9.80 Å². The van der Waals surface area contributed by atoms with Gasteiger partial charge in [-0.2, -0.15) is 0 Å². The highest BCUT2D eigenvalue weighted by molar-refractivity contribution is 9.10. The predicted octanol–water partition coefficient (Wildman–Crippen LogP) is 4.27. The second-order valence-electron chi connectivity index (χ2n) is 9.74. The van der Waals surface area contributed by atoms with Crippen molar-refractivity contribution in [3.05, 3.63) is 58.1 Å². The van der Waals surface area contributed by atoms with E-state index in [1.165, 1.54) is 24.0 Å². The van der Waals surface area contributed by atoms with E-state index in [2.05, 4.69) is 50.6 Å². The molecule has 3 aliphatic rings. The molecule has 0 bridgehead atoms. The fraction of sp³-hybridized carbons (Fsp3) is 0.462. The summed E-state index contributed by atoms with van der Waals surface area (Å²) in [6, 6.07) is 12.7. The van der Waals surface area contributed by atoms with Gasteiger partial charge in [0.1, 0.15) is 6.04 Å². The first-order chi connectivity index (χ1) is 16.4. The minimum Gasteiger partial charge on any atom is -0.380 e. The van der Waals surface area contributed by atoms with Gasteiger partial charge in [0.2, 0.25) is 5.91 Å². The van der Waals surface area contributed by atoms with E-state index >= 15 is 0 Å². The molecule has 1 saturated heterocycles. The molecule has 5 rings (SSSR count). The van der Waals surface area contributed by atoms with E-state index in [1.54, 1.807) is 12.0 Å². The zero-order chi connectivity index (χ0) is 23.9. The number of rotatable bonds is 4. The van der Waals surface area contributed by atoms with Gasteiger partial charge in [0.25, 0.3) is 0 Å². The zero-order valence-electron chi connectivity index (χ0n) is 19.6. The Morgan fingerprint density at radius 1 is 1.06 bits per heavy atom. The van der Waals surface area contributed by atoms with E-state index in [0.29, 0.717) is 24.2 Å². The van der Waals surface area contributed by atoms with Crippen LogP contribution in [0.2, 0.25) is 0 Å². The smallest absolute Gasteiger partial charge is 0.322 e. The third-order valence-corrected chi connectivity index (χ3v) is 8.13. The van der Waals surface area contributed by atoms with Gasteiger partial charge in [0, 0.05) is 48.0 Å². The van der Waals surface area contributed by atoms with Crippen molar-refractivity contribution in [3.8, 4) is 0 Å². The molecule has 1 spiro atoms. The second kappa shape index (κ2) is 9.32. The lowest BCUT2D eigenvalue weighted by Gasteiger charge is -2.25. The maximum Gasteiger partial charge on any atom is 0.322 e. The third kappa shape index (κ3) is 4.72. The molecule has 7 nitrogen and oxygen atoms in total. The number of nitrogens with zero attached hydrogens (tertiary/aromatic N) is 2. The number of methoxy groups -OCH3 is 1. The van der Waals surface area contributed by atoms with Crippen molar-refractivity contribution in [3.63, 3.8) is 0 Å². The zero-order valence-corrected chi connectivity index (χ0v) is 21.2. The highest BCUT2D eigenvalue weighted by atomic mass is 79.9. The van der Waals surface area contributed by atoms with E-state index in [1.807, 2.05) is 30.3 Å². The van der Waals surface area contributed by atoms with E-state index in [0.717, 1.165) is 29.5 Å². The summed E-state index contributed by atoms with van der Waals surface area (Å²) in [4.78, 5) is 30.4. The van der Waals surface area contributed by atoms with E-state index in [4.69, 9.17) is 4.74 Å². The van der Waals surface area contributed by atoms with Gasteiger partial charge < -0.3 is 25.2 Å². The molecule has 0 aromatic heterocycles. The molecule has 34 heavy (non-hydrogen) atoms. The van der Waals surface area contributed by atoms with Crippen LogP contribution in [0.4, 0.5) is 16.2 Å². The highest BCUT2D eigenvalue weighted by Crippen LogP contribution is 2.45. The van der Waals surface area contributed by atoms with Gasteiger partial charge in [-0.1, -0.05) is 22.0 Å². The number of amides is 3. The number of likely N-dealkylation sites (tertiary alicyclic amines) is 1. The van der Waals surface area contributed by atoms with Crippen LogP contribution in [0.1, 0.15) is 30.4 Å². The number of nitrogens with one attached hydrogen (secondary N) is 2. The second-order valence-corrected chi connectivity index (χ2v) is 10.7. The van der Waals surface area contributed by atoms with E-state index in [-0.39, 0.29) is 18.0 Å². The quantitative estimate of drug-likeness (QED) is 0.623. The van der Waals surface area contributed by atoms with Crippen LogP contribution in [0.15, 0.2) is 46.9 Å². The van der Waals surface area contributed by atoms with E-state index in [9.17, 15) is 9.59 Å². The van der Waals surface area contributed by atoms with Crippen molar-refractivity contribution in [2.24, 2.45) is 0 Å². The molecule has 2 aromatic rings. The number of anilines is 2. The van der Waals surface area contributed by atoms with E-state index < -0.39 is 6.04 Å². The Morgan fingerprint density at radius 3 is 2.50 bits per heavy atom. The molecule has 8 heteroatoms. The minimum atomic E-state index is -0.597. The first kappa shape index (κ1) is 23.3. The Balaban J connectivity index is 1.29. The lowest BCUT2D eigenvalue weighted by atomic mass is 9.98. The number of likely N-dealkylation sites (N-methyl/N-ethyl adjacent to an activating group) is 1. The Labute approximate surface area is 209 Å². The van der Waals surface area contributed by atoms with Gasteiger partial charge >= 0.3 is 6.03 Å². The standard InChI is InChI=1S/C26H31BrN4O3/c1-30-12-9-17-13-21(6-3-18(17)15-26(30)10-11-26)28-24(32)23-14-22(34-2)16-31(23)25(33)29-20-7-4-19(27)5-8-20/h3-8,13,22-23H,9-12,14-16H2,1-2H3,(H,28,32)(H,29,33)/t22-,23-/m1/s1. The first-order valence-corrected chi connectivity index (χ1v) is 12.7. The van der Waals surface area contributed by atoms with Gasteiger partial charge in [0.05, 0.1) is 6.10 Å². The lowest BCUT2D eigenvalue weighted by Crippen LogP contribution is -2.45. The molecule has 2 atom stereocenters. The van der Waals surface area contributed by atoms with Crippen LogP contribution in [-0.4, -0.2) is 66.7 Å². The molecule has 1 saturated carbocycles. The summed E-state index contributed by atoms with van der Waals surface area (Å²) in [5.41, 5.74) is 4.50. The third-order valence-electron chi connectivity index (χ3n) is 7.60. The maximum atomic E-state index is 13.3. The molecular formula is C26H31BrN4O3. The van der Waals surface area contributed by atoms with Gasteiger partial charge in [0.15, 0.2) is 0 Å². The number of urea groups is 1. The Hall–Kier alpha value is -2.42. The van der Waals surface area contributed by atoms with Crippen LogP contribution in [0.3, 0.4) is 0 Å². The van der Waals surface area contributed by atoms with Crippen molar-refractivity contribution in [2.75, 3.05) is 37.9 Å². The number of hydrogen-bond donors (Lipinski definition) is 2. The molecule has 2 N–H and O–H groups in total. The summed E-state index contributed by atoms with van der Waals surface area (Å²) >= 11 is 3.40. The summed E-state index contributed by atoms with van der Waals surface area (Å²) in [7, 11) is 3.84. The fourth-order valence-electron chi connectivity index (χ4n) is 5.22. The lowest BCUT2D eigenvalue weighted by molar-refractivity contribution is -0.119. The Bertz CT molecular complexity index is 1090. The van der Waals surface area contributed by atoms with Crippen LogP contribution in [0.25, 0.3) is 0 Å². The summed E-state index contributed by atoms with van der Waals surface area (Å²) in [5.74, 6) is -0.185. The monoisotopic (exact) mass is 526 g/mol. The molecule has 2 aliphatic heterocycles. The van der Waals surface area contributed by atoms with Gasteiger partial charge in [-0.3, -0.25) is 4.79 Å². The molecule has 0 unspecified atom stereocenters. The molecule has 0 radical (unpaired) electrons. The average Bonchev–Trinajstić information content (AvgIpc) is 3.51. The molecule has 3 amide bonds. The van der Waals surface area contributed by atoms with Crippen molar-refractivity contribution < 1.29 is 14.3 Å². The fourth-order valence-corrected chi connectivity index (χ4v) is 5.49. The molecule has 1 aliphatic carbocycles. The number of fused-ring (bicyclic) bond motifs is 1. The maximum absolute atomic E-state index is 13.3. The molecule has 180 valence electrons. The molecular weight excluding hydrogens is 496 g/mol. The van der Waals surface area contributed by atoms with Crippen LogP contribution < -0.4 is 10.6 Å². The highest BCUT2D eigenvalue weighted by Gasteiger charge is 2.47. The SMILES string of the molecule is CO[C@@H]1C[C@H](C(=O)Nc2ccc3c(c2)CCN(C)C2(CC2)C3)N(C(=O)Nc2ccc(Br)cc2)C1. The van der Waals surface area contributed by atoms with Gasteiger partial charge in [-0.15, -0.1) is 0 Å². The van der Waals surface area contributed by atoms with Crippen LogP contribution in [0, 0.1) is 0 Å². The summed E-state index contributed by atoms with van der Waals surface area (Å²) in [6.45, 7) is 1.40. The minimum absolute atomic E-state index is 0.177. The number of benzene rings is 2. The number of halogens is 1. The summed E-state index contributed by atoms with van der Waals surface area (Å²) in [6.07, 6.45) is 4.88. The van der Waals surface area contributed by atoms with Gasteiger partial charge in [-0.05, 0) is 80.3 Å². The number of hydrogen-bond acceptors (Lipinski definition) is 4. The van der Waals surface area contributed by atoms with Crippen LogP contribution in [-0.2, 0) is 22.4 Å². The summed E-state index contributed by atoms with van der Waals surface area (Å²) in [5, 5.41) is 5.96.